The minimum Gasteiger partial charge on any atom is -0.392 e. The minimum absolute atomic E-state index is 0.0452. The van der Waals surface area contributed by atoms with Crippen LogP contribution < -0.4 is 10.6 Å². The van der Waals surface area contributed by atoms with Gasteiger partial charge < -0.3 is 20.5 Å². The number of aliphatic hydroxyl groups excluding tert-OH is 1. The molecule has 0 bridgehead atoms. The van der Waals surface area contributed by atoms with Crippen molar-refractivity contribution in [3.8, 4) is 0 Å². The molecule has 0 radical (unpaired) electrons. The molecule has 1 rings (SSSR count). The Morgan fingerprint density at radius 2 is 1.95 bits per heavy atom. The molecular formula is C15H24N2O3. The number of hydrogen-bond donors (Lipinski definition) is 3. The van der Waals surface area contributed by atoms with E-state index in [1.807, 2.05) is 31.2 Å². The van der Waals surface area contributed by atoms with E-state index >= 15 is 0 Å². The summed E-state index contributed by atoms with van der Waals surface area (Å²) >= 11 is 0. The van der Waals surface area contributed by atoms with Crippen molar-refractivity contribution in [3.05, 3.63) is 35.4 Å². The third kappa shape index (κ3) is 6.04. The van der Waals surface area contributed by atoms with Crippen LogP contribution in [-0.4, -0.2) is 37.4 Å². The third-order valence-electron chi connectivity index (χ3n) is 3.10. The number of urea groups is 1. The molecule has 0 aliphatic rings. The first-order chi connectivity index (χ1) is 9.69. The molecule has 5 nitrogen and oxygen atoms in total. The van der Waals surface area contributed by atoms with Crippen molar-refractivity contribution in [2.24, 2.45) is 0 Å². The first kappa shape index (κ1) is 16.5. The Morgan fingerprint density at radius 3 is 2.50 bits per heavy atom. The Hall–Kier alpha value is -1.59. The Bertz CT molecular complexity index is 393. The van der Waals surface area contributed by atoms with Gasteiger partial charge in [0.25, 0.3) is 0 Å². The second-order valence-electron chi connectivity index (χ2n) is 4.69. The summed E-state index contributed by atoms with van der Waals surface area (Å²) in [6.45, 7) is 3.16. The number of benzene rings is 1. The van der Waals surface area contributed by atoms with Crippen LogP contribution >= 0.6 is 0 Å². The second-order valence-corrected chi connectivity index (χ2v) is 4.69. The number of carbonyl (C=O) groups excluding carboxylic acids is 1. The Kier molecular flexibility index (Phi) is 7.69. The van der Waals surface area contributed by atoms with Crippen LogP contribution in [0.25, 0.3) is 0 Å². The lowest BCUT2D eigenvalue weighted by atomic mass is 10.1. The Morgan fingerprint density at radius 1 is 1.30 bits per heavy atom. The maximum atomic E-state index is 11.7. The average molecular weight is 280 g/mol. The van der Waals surface area contributed by atoms with E-state index in [4.69, 9.17) is 9.84 Å². The van der Waals surface area contributed by atoms with Crippen molar-refractivity contribution >= 4 is 6.03 Å². The predicted molar refractivity (Wildman–Crippen MR) is 78.6 cm³/mol. The first-order valence-corrected chi connectivity index (χ1v) is 6.91. The van der Waals surface area contributed by atoms with E-state index in [0.29, 0.717) is 13.2 Å². The zero-order valence-electron chi connectivity index (χ0n) is 12.2. The number of ether oxygens (including phenoxy) is 1. The normalized spacial score (nSPS) is 11.9. The van der Waals surface area contributed by atoms with E-state index < -0.39 is 0 Å². The summed E-state index contributed by atoms with van der Waals surface area (Å²) in [5.41, 5.74) is 2.02. The molecule has 20 heavy (non-hydrogen) atoms. The fourth-order valence-electron chi connectivity index (χ4n) is 1.83. The van der Waals surface area contributed by atoms with Crippen molar-refractivity contribution < 1.29 is 14.6 Å². The maximum absolute atomic E-state index is 11.7. The highest BCUT2D eigenvalue weighted by Gasteiger charge is 2.08. The quantitative estimate of drug-likeness (QED) is 0.675. The van der Waals surface area contributed by atoms with E-state index in [1.165, 1.54) is 0 Å². The zero-order valence-corrected chi connectivity index (χ0v) is 12.2. The van der Waals surface area contributed by atoms with Gasteiger partial charge in [0.1, 0.15) is 0 Å². The van der Waals surface area contributed by atoms with E-state index in [-0.39, 0.29) is 18.7 Å². The van der Waals surface area contributed by atoms with Gasteiger partial charge in [0.2, 0.25) is 0 Å². The molecule has 0 aliphatic carbocycles. The van der Waals surface area contributed by atoms with Gasteiger partial charge in [-0.25, -0.2) is 4.79 Å². The van der Waals surface area contributed by atoms with Gasteiger partial charge in [0, 0.05) is 13.7 Å². The number of nitrogens with one attached hydrogen (secondary N) is 2. The largest absolute Gasteiger partial charge is 0.392 e. The van der Waals surface area contributed by atoms with Crippen molar-refractivity contribution in [1.29, 1.82) is 0 Å². The van der Waals surface area contributed by atoms with Crippen LogP contribution in [-0.2, 0) is 17.8 Å². The third-order valence-corrected chi connectivity index (χ3v) is 3.10. The van der Waals surface area contributed by atoms with Crippen LogP contribution in [0.4, 0.5) is 4.79 Å². The molecule has 1 aromatic carbocycles. The molecular weight excluding hydrogens is 256 g/mol. The Balaban J connectivity index is 2.26. The molecule has 1 atom stereocenters. The molecule has 0 aliphatic heterocycles. The fourth-order valence-corrected chi connectivity index (χ4v) is 1.83. The van der Waals surface area contributed by atoms with Crippen molar-refractivity contribution in [2.45, 2.75) is 32.4 Å². The van der Waals surface area contributed by atoms with Crippen LogP contribution in [0.5, 0.6) is 0 Å². The molecule has 5 heteroatoms. The summed E-state index contributed by atoms with van der Waals surface area (Å²) in [5, 5.41) is 14.6. The van der Waals surface area contributed by atoms with Gasteiger partial charge in [0.15, 0.2) is 0 Å². The number of aliphatic hydroxyl groups is 1. The molecule has 0 fully saturated rings. The van der Waals surface area contributed by atoms with Crippen LogP contribution in [0.2, 0.25) is 0 Å². The van der Waals surface area contributed by atoms with Gasteiger partial charge in [-0.15, -0.1) is 0 Å². The highest BCUT2D eigenvalue weighted by Crippen LogP contribution is 2.04. The average Bonchev–Trinajstić information content (AvgIpc) is 2.47. The van der Waals surface area contributed by atoms with Gasteiger partial charge in [-0.1, -0.05) is 31.2 Å². The summed E-state index contributed by atoms with van der Waals surface area (Å²) in [7, 11) is 1.62. The van der Waals surface area contributed by atoms with Crippen molar-refractivity contribution in [1.82, 2.24) is 10.6 Å². The van der Waals surface area contributed by atoms with Gasteiger partial charge >= 0.3 is 6.03 Å². The number of amides is 2. The smallest absolute Gasteiger partial charge is 0.315 e. The highest BCUT2D eigenvalue weighted by atomic mass is 16.5. The lowest BCUT2D eigenvalue weighted by molar-refractivity contribution is 0.163. The number of rotatable bonds is 8. The molecule has 2 amide bonds. The molecule has 1 aromatic rings. The number of methoxy groups -OCH3 is 1. The summed E-state index contributed by atoms with van der Waals surface area (Å²) in [6, 6.07) is 7.59. The molecule has 0 aromatic heterocycles. The first-order valence-electron chi connectivity index (χ1n) is 6.91. The van der Waals surface area contributed by atoms with Gasteiger partial charge in [0.05, 0.1) is 19.3 Å². The minimum atomic E-state index is -0.166. The van der Waals surface area contributed by atoms with E-state index in [9.17, 15) is 4.79 Å². The summed E-state index contributed by atoms with van der Waals surface area (Å²) in [6.07, 6.45) is 1.60. The molecule has 112 valence electrons. The van der Waals surface area contributed by atoms with E-state index in [1.54, 1.807) is 7.11 Å². The number of hydrogen-bond acceptors (Lipinski definition) is 3. The van der Waals surface area contributed by atoms with Gasteiger partial charge in [-0.05, 0) is 24.0 Å². The Labute approximate surface area is 120 Å². The van der Waals surface area contributed by atoms with Crippen LogP contribution in [0.15, 0.2) is 24.3 Å². The lowest BCUT2D eigenvalue weighted by Crippen LogP contribution is -2.44. The van der Waals surface area contributed by atoms with E-state index in [2.05, 4.69) is 10.6 Å². The fraction of sp³-hybridized carbons (Fsp3) is 0.533. The maximum Gasteiger partial charge on any atom is 0.315 e. The van der Waals surface area contributed by atoms with Crippen LogP contribution in [0, 0.1) is 0 Å². The molecule has 1 unspecified atom stereocenters. The molecule has 0 spiro atoms. The molecule has 0 heterocycles. The highest BCUT2D eigenvalue weighted by molar-refractivity contribution is 5.74. The van der Waals surface area contributed by atoms with Crippen LogP contribution in [0.3, 0.4) is 0 Å². The molecule has 3 N–H and O–H groups in total. The SMILES string of the molecule is CCC(COC)NC(=O)NCCc1ccc(CO)cc1. The van der Waals surface area contributed by atoms with Crippen molar-refractivity contribution in [3.63, 3.8) is 0 Å². The van der Waals surface area contributed by atoms with E-state index in [0.717, 1.165) is 24.0 Å². The van der Waals surface area contributed by atoms with Crippen molar-refractivity contribution in [2.75, 3.05) is 20.3 Å². The van der Waals surface area contributed by atoms with Gasteiger partial charge in [-0.3, -0.25) is 0 Å². The summed E-state index contributed by atoms with van der Waals surface area (Å²) < 4.78 is 5.03. The van der Waals surface area contributed by atoms with Crippen LogP contribution in [0.1, 0.15) is 24.5 Å². The number of carbonyl (C=O) groups is 1. The molecule has 0 saturated heterocycles. The molecule has 0 saturated carbocycles. The summed E-state index contributed by atoms with van der Waals surface area (Å²) in [5.74, 6) is 0. The standard InChI is InChI=1S/C15H24N2O3/c1-3-14(11-20-2)17-15(19)16-9-8-12-4-6-13(10-18)7-5-12/h4-7,14,18H,3,8-11H2,1-2H3,(H2,16,17,19). The summed E-state index contributed by atoms with van der Waals surface area (Å²) in [4.78, 5) is 11.7. The monoisotopic (exact) mass is 280 g/mol. The lowest BCUT2D eigenvalue weighted by Gasteiger charge is -2.16. The topological polar surface area (TPSA) is 70.6 Å². The van der Waals surface area contributed by atoms with Gasteiger partial charge in [-0.2, -0.15) is 0 Å². The zero-order chi connectivity index (χ0) is 14.8. The second kappa shape index (κ2) is 9.34. The predicted octanol–water partition coefficient (Wildman–Crippen LogP) is 1.45.